The first-order valence-corrected chi connectivity index (χ1v) is 6.51. The van der Waals surface area contributed by atoms with Gasteiger partial charge in [-0.1, -0.05) is 45.0 Å². The third-order valence-corrected chi connectivity index (χ3v) is 3.66. The molecule has 0 spiro atoms. The standard InChI is InChI=1S/C15H21F3O/c1-4-14(2,3)12-7-5-11(6-8-12)13(19)9-10-15(16,17)18/h5-8,13,19H,4,9-10H2,1-3H3. The van der Waals surface area contributed by atoms with Gasteiger partial charge in [-0.2, -0.15) is 13.2 Å². The Morgan fingerprint density at radius 3 is 2.05 bits per heavy atom. The lowest BCUT2D eigenvalue weighted by Gasteiger charge is -2.24. The molecular weight excluding hydrogens is 253 g/mol. The molecule has 0 fully saturated rings. The molecule has 1 rings (SSSR count). The maximum absolute atomic E-state index is 12.1. The Balaban J connectivity index is 2.71. The van der Waals surface area contributed by atoms with E-state index < -0.39 is 18.7 Å². The normalized spacial score (nSPS) is 14.5. The summed E-state index contributed by atoms with van der Waals surface area (Å²) in [6.45, 7) is 6.32. The highest BCUT2D eigenvalue weighted by Crippen LogP contribution is 2.30. The van der Waals surface area contributed by atoms with Gasteiger partial charge in [-0.05, 0) is 29.4 Å². The number of rotatable bonds is 5. The summed E-state index contributed by atoms with van der Waals surface area (Å²) >= 11 is 0. The molecule has 4 heteroatoms. The van der Waals surface area contributed by atoms with Gasteiger partial charge in [-0.3, -0.25) is 0 Å². The van der Waals surface area contributed by atoms with E-state index in [1.165, 1.54) is 0 Å². The molecule has 0 aliphatic carbocycles. The van der Waals surface area contributed by atoms with Gasteiger partial charge in [0.15, 0.2) is 0 Å². The van der Waals surface area contributed by atoms with Crippen molar-refractivity contribution >= 4 is 0 Å². The van der Waals surface area contributed by atoms with E-state index in [0.717, 1.165) is 12.0 Å². The Kier molecular flexibility index (Phi) is 5.02. The van der Waals surface area contributed by atoms with Crippen molar-refractivity contribution in [3.8, 4) is 0 Å². The van der Waals surface area contributed by atoms with Crippen molar-refractivity contribution in [3.05, 3.63) is 35.4 Å². The van der Waals surface area contributed by atoms with E-state index in [1.807, 2.05) is 12.1 Å². The van der Waals surface area contributed by atoms with Crippen molar-refractivity contribution in [1.29, 1.82) is 0 Å². The average Bonchev–Trinajstić information content (AvgIpc) is 2.35. The third kappa shape index (κ3) is 4.86. The second-order valence-corrected chi connectivity index (χ2v) is 5.53. The van der Waals surface area contributed by atoms with Crippen molar-refractivity contribution < 1.29 is 18.3 Å². The molecule has 0 amide bonds. The van der Waals surface area contributed by atoms with Gasteiger partial charge in [0, 0.05) is 6.42 Å². The largest absolute Gasteiger partial charge is 0.389 e. The van der Waals surface area contributed by atoms with Crippen LogP contribution in [0.3, 0.4) is 0 Å². The van der Waals surface area contributed by atoms with Gasteiger partial charge < -0.3 is 5.11 Å². The molecule has 1 unspecified atom stereocenters. The molecule has 0 bridgehead atoms. The zero-order valence-corrected chi connectivity index (χ0v) is 11.6. The summed E-state index contributed by atoms with van der Waals surface area (Å²) < 4.78 is 36.3. The SMILES string of the molecule is CCC(C)(C)c1ccc(C(O)CCC(F)(F)F)cc1. The first kappa shape index (κ1) is 16.0. The Morgan fingerprint density at radius 2 is 1.63 bits per heavy atom. The summed E-state index contributed by atoms with van der Waals surface area (Å²) in [7, 11) is 0. The fourth-order valence-corrected chi connectivity index (χ4v) is 1.83. The number of aliphatic hydroxyl groups is 1. The Hall–Kier alpha value is -1.03. The van der Waals surface area contributed by atoms with E-state index in [1.54, 1.807) is 12.1 Å². The molecule has 0 aliphatic heterocycles. The van der Waals surface area contributed by atoms with Crippen molar-refractivity contribution in [2.45, 2.75) is 57.7 Å². The molecule has 1 N–H and O–H groups in total. The number of halogens is 3. The lowest BCUT2D eigenvalue weighted by atomic mass is 9.82. The second kappa shape index (κ2) is 5.95. The fraction of sp³-hybridized carbons (Fsp3) is 0.600. The molecule has 1 aromatic rings. The van der Waals surface area contributed by atoms with Crippen molar-refractivity contribution in [1.82, 2.24) is 0 Å². The lowest BCUT2D eigenvalue weighted by molar-refractivity contribution is -0.140. The summed E-state index contributed by atoms with van der Waals surface area (Å²) in [4.78, 5) is 0. The Bertz CT molecular complexity index is 393. The molecule has 19 heavy (non-hydrogen) atoms. The molecule has 0 aromatic heterocycles. The summed E-state index contributed by atoms with van der Waals surface area (Å²) in [5.41, 5.74) is 1.71. The maximum Gasteiger partial charge on any atom is 0.389 e. The number of hydrogen-bond acceptors (Lipinski definition) is 1. The average molecular weight is 274 g/mol. The molecule has 0 aliphatic rings. The molecule has 108 valence electrons. The van der Waals surface area contributed by atoms with Crippen LogP contribution < -0.4 is 0 Å². The third-order valence-electron chi connectivity index (χ3n) is 3.66. The smallest absolute Gasteiger partial charge is 0.388 e. The minimum atomic E-state index is -4.22. The number of alkyl halides is 3. The maximum atomic E-state index is 12.1. The first-order valence-electron chi connectivity index (χ1n) is 6.51. The highest BCUT2D eigenvalue weighted by molar-refractivity contribution is 5.29. The molecule has 1 aromatic carbocycles. The van der Waals surface area contributed by atoms with Crippen molar-refractivity contribution in [2.75, 3.05) is 0 Å². The minimum Gasteiger partial charge on any atom is -0.388 e. The van der Waals surface area contributed by atoms with E-state index in [4.69, 9.17) is 0 Å². The van der Waals surface area contributed by atoms with E-state index in [-0.39, 0.29) is 11.8 Å². The molecule has 0 radical (unpaired) electrons. The highest BCUT2D eigenvalue weighted by atomic mass is 19.4. The quantitative estimate of drug-likeness (QED) is 0.821. The van der Waals surface area contributed by atoms with E-state index in [0.29, 0.717) is 5.56 Å². The molecular formula is C15H21F3O. The van der Waals surface area contributed by atoms with Gasteiger partial charge >= 0.3 is 6.18 Å². The van der Waals surface area contributed by atoms with Crippen molar-refractivity contribution in [2.24, 2.45) is 0 Å². The summed E-state index contributed by atoms with van der Waals surface area (Å²) in [5.74, 6) is 0. The van der Waals surface area contributed by atoms with Gasteiger partial charge in [0.05, 0.1) is 6.10 Å². The molecule has 0 saturated carbocycles. The highest BCUT2D eigenvalue weighted by Gasteiger charge is 2.28. The van der Waals surface area contributed by atoms with Gasteiger partial charge in [-0.15, -0.1) is 0 Å². The van der Waals surface area contributed by atoms with E-state index in [9.17, 15) is 18.3 Å². The molecule has 1 nitrogen and oxygen atoms in total. The Morgan fingerprint density at radius 1 is 1.11 bits per heavy atom. The molecule has 1 atom stereocenters. The van der Waals surface area contributed by atoms with Crippen LogP contribution in [-0.2, 0) is 5.41 Å². The molecule has 0 heterocycles. The van der Waals surface area contributed by atoms with Crippen LogP contribution in [-0.4, -0.2) is 11.3 Å². The van der Waals surface area contributed by atoms with Crippen LogP contribution in [0.4, 0.5) is 13.2 Å². The van der Waals surface area contributed by atoms with Crippen LogP contribution >= 0.6 is 0 Å². The van der Waals surface area contributed by atoms with Crippen LogP contribution in [0.15, 0.2) is 24.3 Å². The van der Waals surface area contributed by atoms with Crippen molar-refractivity contribution in [3.63, 3.8) is 0 Å². The zero-order valence-electron chi connectivity index (χ0n) is 11.6. The van der Waals surface area contributed by atoms with Crippen LogP contribution in [0, 0.1) is 0 Å². The van der Waals surface area contributed by atoms with Crippen LogP contribution in [0.25, 0.3) is 0 Å². The summed E-state index contributed by atoms with van der Waals surface area (Å²) in [6, 6.07) is 7.20. The lowest BCUT2D eigenvalue weighted by Crippen LogP contribution is -2.15. The predicted octanol–water partition coefficient (Wildman–Crippen LogP) is 4.75. The predicted molar refractivity (Wildman–Crippen MR) is 70.0 cm³/mol. The first-order chi connectivity index (χ1) is 8.65. The fourth-order valence-electron chi connectivity index (χ4n) is 1.83. The van der Waals surface area contributed by atoms with Crippen LogP contribution in [0.2, 0.25) is 0 Å². The topological polar surface area (TPSA) is 20.2 Å². The van der Waals surface area contributed by atoms with Crippen LogP contribution in [0.5, 0.6) is 0 Å². The number of aliphatic hydroxyl groups excluding tert-OH is 1. The summed E-state index contributed by atoms with van der Waals surface area (Å²) in [5, 5.41) is 9.73. The monoisotopic (exact) mass is 274 g/mol. The summed E-state index contributed by atoms with van der Waals surface area (Å²) in [6.07, 6.45) is -5.55. The van der Waals surface area contributed by atoms with E-state index in [2.05, 4.69) is 20.8 Å². The van der Waals surface area contributed by atoms with Gasteiger partial charge in [0.25, 0.3) is 0 Å². The van der Waals surface area contributed by atoms with Gasteiger partial charge in [-0.25, -0.2) is 0 Å². The minimum absolute atomic E-state index is 0.0372. The molecule has 0 saturated heterocycles. The Labute approximate surface area is 112 Å². The second-order valence-electron chi connectivity index (χ2n) is 5.53. The number of hydrogen-bond donors (Lipinski definition) is 1. The van der Waals surface area contributed by atoms with Gasteiger partial charge in [0.1, 0.15) is 0 Å². The number of benzene rings is 1. The zero-order chi connectivity index (χ0) is 14.7. The van der Waals surface area contributed by atoms with Crippen LogP contribution in [0.1, 0.15) is 57.3 Å². The van der Waals surface area contributed by atoms with E-state index >= 15 is 0 Å². The van der Waals surface area contributed by atoms with Gasteiger partial charge in [0.2, 0.25) is 0 Å².